The number of carbonyl (C=O) groups excluding carboxylic acids is 2. The van der Waals surface area contributed by atoms with Crippen molar-refractivity contribution in [2.75, 3.05) is 0 Å². The van der Waals surface area contributed by atoms with Crippen LogP contribution in [0.15, 0.2) is 39.9 Å². The third kappa shape index (κ3) is 2.77. The van der Waals surface area contributed by atoms with Crippen LogP contribution in [0.25, 0.3) is 0 Å². The lowest BCUT2D eigenvalue weighted by Gasteiger charge is -2.07. The minimum atomic E-state index is -0.572. The number of nitrogens with zero attached hydrogens (tertiary/aromatic N) is 1. The van der Waals surface area contributed by atoms with Gasteiger partial charge in [0.15, 0.2) is 0 Å². The fraction of sp³-hybridized carbons (Fsp3) is 0.154. The Hall–Kier alpha value is -2.83. The first-order valence-corrected chi connectivity index (χ1v) is 5.80. The summed E-state index contributed by atoms with van der Waals surface area (Å²) in [6, 6.07) is 4.16. The van der Waals surface area contributed by atoms with Crippen molar-refractivity contribution in [1.82, 2.24) is 15.4 Å². The molecular weight excluding hydrogens is 262 g/mol. The van der Waals surface area contributed by atoms with Gasteiger partial charge in [-0.3, -0.25) is 25.2 Å². The average molecular weight is 275 g/mol. The number of furan rings is 1. The molecule has 7 nitrogen and oxygen atoms in total. The van der Waals surface area contributed by atoms with E-state index in [0.29, 0.717) is 11.3 Å². The van der Waals surface area contributed by atoms with Crippen molar-refractivity contribution in [3.8, 4) is 0 Å². The Kier molecular flexibility index (Phi) is 3.69. The number of aromatic nitrogens is 1. The predicted molar refractivity (Wildman–Crippen MR) is 70.1 cm³/mol. The molecule has 2 rings (SSSR count). The number of nitrogens with one attached hydrogen (secondary N) is 2. The zero-order chi connectivity index (χ0) is 14.7. The predicted octanol–water partition coefficient (Wildman–Crippen LogP) is 0.362. The second kappa shape index (κ2) is 5.43. The number of pyridine rings is 1. The number of rotatable bonds is 2. The first-order valence-electron chi connectivity index (χ1n) is 5.80. The molecule has 0 aliphatic carbocycles. The molecule has 0 aromatic carbocycles. The summed E-state index contributed by atoms with van der Waals surface area (Å²) in [6.07, 6.45) is 2.85. The van der Waals surface area contributed by atoms with Gasteiger partial charge in [0.05, 0.1) is 11.8 Å². The highest BCUT2D eigenvalue weighted by Gasteiger charge is 2.13. The Bertz CT molecular complexity index is 714. The van der Waals surface area contributed by atoms with Crippen LogP contribution in [-0.4, -0.2) is 16.4 Å². The lowest BCUT2D eigenvalue weighted by Crippen LogP contribution is -2.42. The summed E-state index contributed by atoms with van der Waals surface area (Å²) in [6.45, 7) is 1.64. The monoisotopic (exact) mass is 275 g/mol. The standard InChI is InChI=1S/C13H13N3O4/c1-8-10(4-6-20-8)13(19)15-14-12(18)9-3-5-16(2)11(17)7-9/h3-7H,1-2H3,(H,14,18)(H,15,19). The van der Waals surface area contributed by atoms with Gasteiger partial charge in [0.25, 0.3) is 17.4 Å². The lowest BCUT2D eigenvalue weighted by molar-refractivity contribution is 0.0845. The first-order chi connectivity index (χ1) is 9.49. The van der Waals surface area contributed by atoms with Gasteiger partial charge in [0.1, 0.15) is 5.76 Å². The summed E-state index contributed by atoms with van der Waals surface area (Å²) >= 11 is 0. The van der Waals surface area contributed by atoms with Crippen LogP contribution >= 0.6 is 0 Å². The van der Waals surface area contributed by atoms with Gasteiger partial charge in [-0.1, -0.05) is 0 Å². The number of hydrazine groups is 1. The SMILES string of the molecule is Cc1occc1C(=O)NNC(=O)c1ccn(C)c(=O)c1. The van der Waals surface area contributed by atoms with Gasteiger partial charge in [0, 0.05) is 24.9 Å². The topological polar surface area (TPSA) is 93.3 Å². The summed E-state index contributed by atoms with van der Waals surface area (Å²) in [5.41, 5.74) is 4.67. The highest BCUT2D eigenvalue weighted by Crippen LogP contribution is 2.07. The maximum atomic E-state index is 11.8. The quantitative estimate of drug-likeness (QED) is 0.774. The van der Waals surface area contributed by atoms with Crippen LogP contribution in [0, 0.1) is 6.92 Å². The zero-order valence-corrected chi connectivity index (χ0v) is 11.0. The minimum absolute atomic E-state index is 0.164. The highest BCUT2D eigenvalue weighted by atomic mass is 16.3. The van der Waals surface area contributed by atoms with E-state index in [1.54, 1.807) is 14.0 Å². The molecule has 0 aliphatic heterocycles. The van der Waals surface area contributed by atoms with Crippen molar-refractivity contribution in [2.45, 2.75) is 6.92 Å². The minimum Gasteiger partial charge on any atom is -0.469 e. The highest BCUT2D eigenvalue weighted by molar-refractivity contribution is 5.99. The van der Waals surface area contributed by atoms with Crippen LogP contribution in [0.4, 0.5) is 0 Å². The number of carbonyl (C=O) groups is 2. The Labute approximate surface area is 114 Å². The van der Waals surface area contributed by atoms with Crippen LogP contribution in [0.3, 0.4) is 0 Å². The van der Waals surface area contributed by atoms with Gasteiger partial charge >= 0.3 is 0 Å². The van der Waals surface area contributed by atoms with E-state index in [1.165, 1.54) is 35.2 Å². The number of aryl methyl sites for hydroxylation is 2. The summed E-state index contributed by atoms with van der Waals surface area (Å²) in [7, 11) is 1.58. The number of hydrogen-bond acceptors (Lipinski definition) is 4. The molecule has 2 aromatic rings. The molecule has 2 amide bonds. The molecule has 104 valence electrons. The Morgan fingerprint density at radius 2 is 1.90 bits per heavy atom. The van der Waals surface area contributed by atoms with Gasteiger partial charge in [-0.15, -0.1) is 0 Å². The van der Waals surface area contributed by atoms with E-state index in [2.05, 4.69) is 10.9 Å². The molecular formula is C13H13N3O4. The Morgan fingerprint density at radius 3 is 2.50 bits per heavy atom. The molecule has 0 fully saturated rings. The number of amides is 2. The van der Waals surface area contributed by atoms with E-state index in [4.69, 9.17) is 4.42 Å². The van der Waals surface area contributed by atoms with E-state index in [0.717, 1.165) is 0 Å². The van der Waals surface area contributed by atoms with Crippen molar-refractivity contribution in [2.24, 2.45) is 7.05 Å². The molecule has 2 heterocycles. The molecule has 20 heavy (non-hydrogen) atoms. The van der Waals surface area contributed by atoms with E-state index in [-0.39, 0.29) is 11.1 Å². The lowest BCUT2D eigenvalue weighted by atomic mass is 10.2. The molecule has 0 spiro atoms. The summed E-state index contributed by atoms with van der Waals surface area (Å²) < 4.78 is 6.33. The third-order valence-corrected chi connectivity index (χ3v) is 2.76. The van der Waals surface area contributed by atoms with Gasteiger partial charge in [0.2, 0.25) is 0 Å². The van der Waals surface area contributed by atoms with Gasteiger partial charge < -0.3 is 8.98 Å². The maximum absolute atomic E-state index is 11.8. The second-order valence-corrected chi connectivity index (χ2v) is 4.16. The van der Waals surface area contributed by atoms with Crippen LogP contribution < -0.4 is 16.4 Å². The van der Waals surface area contributed by atoms with Crippen molar-refractivity contribution in [3.05, 3.63) is 57.9 Å². The molecule has 0 unspecified atom stereocenters. The normalized spacial score (nSPS) is 10.1. The summed E-state index contributed by atoms with van der Waals surface area (Å²) in [4.78, 5) is 34.9. The molecule has 2 aromatic heterocycles. The summed E-state index contributed by atoms with van der Waals surface area (Å²) in [5.74, 6) is -0.615. The van der Waals surface area contributed by atoms with Crippen molar-refractivity contribution >= 4 is 11.8 Å². The molecule has 0 saturated heterocycles. The molecule has 0 radical (unpaired) electrons. The van der Waals surface area contributed by atoms with E-state index < -0.39 is 11.8 Å². The van der Waals surface area contributed by atoms with E-state index in [9.17, 15) is 14.4 Å². The Balaban J connectivity index is 2.02. The van der Waals surface area contributed by atoms with Crippen LogP contribution in [0.5, 0.6) is 0 Å². The molecule has 0 aliphatic rings. The molecule has 0 bridgehead atoms. The summed E-state index contributed by atoms with van der Waals surface area (Å²) in [5, 5.41) is 0. The van der Waals surface area contributed by atoms with Crippen molar-refractivity contribution < 1.29 is 14.0 Å². The average Bonchev–Trinajstić information content (AvgIpc) is 2.85. The third-order valence-electron chi connectivity index (χ3n) is 2.76. The Morgan fingerprint density at radius 1 is 1.20 bits per heavy atom. The molecule has 0 saturated carbocycles. The van der Waals surface area contributed by atoms with Crippen LogP contribution in [0.2, 0.25) is 0 Å². The fourth-order valence-electron chi connectivity index (χ4n) is 1.56. The van der Waals surface area contributed by atoms with E-state index in [1.807, 2.05) is 0 Å². The van der Waals surface area contributed by atoms with Gasteiger partial charge in [-0.05, 0) is 19.1 Å². The smallest absolute Gasteiger partial charge is 0.273 e. The van der Waals surface area contributed by atoms with E-state index >= 15 is 0 Å². The molecule has 0 atom stereocenters. The first kappa shape index (κ1) is 13.6. The van der Waals surface area contributed by atoms with Gasteiger partial charge in [-0.25, -0.2) is 0 Å². The second-order valence-electron chi connectivity index (χ2n) is 4.16. The fourth-order valence-corrected chi connectivity index (χ4v) is 1.56. The maximum Gasteiger partial charge on any atom is 0.273 e. The number of hydrogen-bond donors (Lipinski definition) is 2. The van der Waals surface area contributed by atoms with Crippen molar-refractivity contribution in [1.29, 1.82) is 0 Å². The van der Waals surface area contributed by atoms with Gasteiger partial charge in [-0.2, -0.15) is 0 Å². The largest absolute Gasteiger partial charge is 0.469 e. The zero-order valence-electron chi connectivity index (χ0n) is 11.0. The van der Waals surface area contributed by atoms with Crippen LogP contribution in [-0.2, 0) is 7.05 Å². The van der Waals surface area contributed by atoms with Crippen molar-refractivity contribution in [3.63, 3.8) is 0 Å². The molecule has 2 N–H and O–H groups in total. The van der Waals surface area contributed by atoms with Crippen LogP contribution in [0.1, 0.15) is 26.5 Å². The molecule has 7 heteroatoms.